The Morgan fingerprint density at radius 2 is 1.88 bits per heavy atom. The topological polar surface area (TPSA) is 59.0 Å². The minimum absolute atomic E-state index is 0.428. The Labute approximate surface area is 104 Å². The van der Waals surface area contributed by atoms with Gasteiger partial charge in [0, 0.05) is 6.07 Å². The van der Waals surface area contributed by atoms with Gasteiger partial charge in [-0.15, -0.1) is 0 Å². The molecule has 0 atom stereocenters. The van der Waals surface area contributed by atoms with Gasteiger partial charge < -0.3 is 10.5 Å². The first-order valence-electron chi connectivity index (χ1n) is 4.92. The molecule has 0 radical (unpaired) electrons. The number of para-hydroxylation sites is 1. The monoisotopic (exact) mass is 244 g/mol. The summed E-state index contributed by atoms with van der Waals surface area (Å²) in [7, 11) is 0. The van der Waals surface area contributed by atoms with E-state index in [4.69, 9.17) is 27.3 Å². The van der Waals surface area contributed by atoms with Gasteiger partial charge >= 0.3 is 0 Å². The summed E-state index contributed by atoms with van der Waals surface area (Å²) in [6, 6.07) is 14.0. The number of nitrogens with zero attached hydrogens (tertiary/aromatic N) is 1. The van der Waals surface area contributed by atoms with Gasteiger partial charge in [-0.05, 0) is 24.3 Å². The van der Waals surface area contributed by atoms with E-state index in [2.05, 4.69) is 0 Å². The average molecular weight is 245 g/mol. The predicted octanol–water partition coefficient (Wildman–Crippen LogP) is 3.59. The zero-order valence-electron chi connectivity index (χ0n) is 8.85. The third-order valence-electron chi connectivity index (χ3n) is 2.20. The van der Waals surface area contributed by atoms with Crippen molar-refractivity contribution in [1.29, 1.82) is 5.26 Å². The second kappa shape index (κ2) is 4.77. The van der Waals surface area contributed by atoms with Crippen molar-refractivity contribution >= 4 is 17.3 Å². The number of hydrogen-bond donors (Lipinski definition) is 1. The maximum atomic E-state index is 8.80. The number of ether oxygens (including phenoxy) is 1. The molecule has 0 aliphatic heterocycles. The second-order valence-electron chi connectivity index (χ2n) is 3.40. The predicted molar refractivity (Wildman–Crippen MR) is 67.1 cm³/mol. The summed E-state index contributed by atoms with van der Waals surface area (Å²) < 4.78 is 5.57. The van der Waals surface area contributed by atoms with Gasteiger partial charge in [0.05, 0.1) is 22.3 Å². The molecule has 2 aromatic rings. The van der Waals surface area contributed by atoms with Gasteiger partial charge in [-0.25, -0.2) is 0 Å². The summed E-state index contributed by atoms with van der Waals surface area (Å²) in [5.41, 5.74) is 6.71. The molecule has 4 heteroatoms. The summed E-state index contributed by atoms with van der Waals surface area (Å²) >= 11 is 5.97. The molecule has 17 heavy (non-hydrogen) atoms. The minimum atomic E-state index is 0.428. The zero-order valence-corrected chi connectivity index (χ0v) is 9.61. The molecule has 0 unspecified atom stereocenters. The smallest absolute Gasteiger partial charge is 0.151 e. The van der Waals surface area contributed by atoms with E-state index in [1.807, 2.05) is 18.2 Å². The summed E-state index contributed by atoms with van der Waals surface area (Å²) in [5.74, 6) is 0.938. The van der Waals surface area contributed by atoms with Crippen LogP contribution in [-0.4, -0.2) is 0 Å². The van der Waals surface area contributed by atoms with Crippen LogP contribution in [0.1, 0.15) is 5.56 Å². The molecule has 0 saturated heterocycles. The SMILES string of the molecule is N#Cc1ccc(N)c(Oc2ccccc2Cl)c1. The second-order valence-corrected chi connectivity index (χ2v) is 3.80. The lowest BCUT2D eigenvalue weighted by Gasteiger charge is -2.09. The van der Waals surface area contributed by atoms with E-state index >= 15 is 0 Å². The molecule has 0 spiro atoms. The molecule has 3 nitrogen and oxygen atoms in total. The summed E-state index contributed by atoms with van der Waals surface area (Å²) in [4.78, 5) is 0. The quantitative estimate of drug-likeness (QED) is 0.822. The van der Waals surface area contributed by atoms with Crippen molar-refractivity contribution in [2.24, 2.45) is 0 Å². The van der Waals surface area contributed by atoms with Gasteiger partial charge in [0.25, 0.3) is 0 Å². The van der Waals surface area contributed by atoms with Gasteiger partial charge in [-0.2, -0.15) is 5.26 Å². The van der Waals surface area contributed by atoms with Gasteiger partial charge in [0.15, 0.2) is 5.75 Å². The highest BCUT2D eigenvalue weighted by Crippen LogP contribution is 2.32. The van der Waals surface area contributed by atoms with Crippen molar-refractivity contribution in [2.75, 3.05) is 5.73 Å². The Morgan fingerprint density at radius 3 is 2.59 bits per heavy atom. The first kappa shape index (κ1) is 11.3. The lowest BCUT2D eigenvalue weighted by molar-refractivity contribution is 0.485. The molecule has 0 bridgehead atoms. The molecule has 0 aliphatic rings. The third-order valence-corrected chi connectivity index (χ3v) is 2.51. The molecule has 2 aromatic carbocycles. The number of benzene rings is 2. The third kappa shape index (κ3) is 2.49. The van der Waals surface area contributed by atoms with Gasteiger partial charge in [-0.3, -0.25) is 0 Å². The van der Waals surface area contributed by atoms with Gasteiger partial charge in [-0.1, -0.05) is 23.7 Å². The summed E-state index contributed by atoms with van der Waals surface area (Å²) in [6.07, 6.45) is 0. The fourth-order valence-corrected chi connectivity index (χ4v) is 1.51. The molecular formula is C13H9ClN2O. The Balaban J connectivity index is 2.37. The fraction of sp³-hybridized carbons (Fsp3) is 0. The van der Waals surface area contributed by atoms with Crippen LogP contribution in [0, 0.1) is 11.3 Å². The van der Waals surface area contributed by atoms with Gasteiger partial charge in [0.2, 0.25) is 0 Å². The summed E-state index contributed by atoms with van der Waals surface area (Å²) in [5, 5.41) is 9.30. The van der Waals surface area contributed by atoms with E-state index in [1.165, 1.54) is 0 Å². The number of rotatable bonds is 2. The van der Waals surface area contributed by atoms with Crippen molar-refractivity contribution in [1.82, 2.24) is 0 Å². The Hall–Kier alpha value is -2.18. The van der Waals surface area contributed by atoms with Crippen LogP contribution in [0.4, 0.5) is 5.69 Å². The molecule has 0 aromatic heterocycles. The zero-order chi connectivity index (χ0) is 12.3. The van der Waals surface area contributed by atoms with Crippen LogP contribution < -0.4 is 10.5 Å². The standard InChI is InChI=1S/C13H9ClN2O/c14-10-3-1-2-4-12(10)17-13-7-9(8-15)5-6-11(13)16/h1-7H,16H2. The molecular weight excluding hydrogens is 236 g/mol. The Kier molecular flexibility index (Phi) is 3.17. The Bertz CT molecular complexity index is 590. The number of hydrogen-bond acceptors (Lipinski definition) is 3. The molecule has 0 saturated carbocycles. The first-order chi connectivity index (χ1) is 8.20. The van der Waals surface area contributed by atoms with Crippen molar-refractivity contribution in [3.63, 3.8) is 0 Å². The molecule has 0 aliphatic carbocycles. The van der Waals surface area contributed by atoms with Crippen LogP contribution in [0.15, 0.2) is 42.5 Å². The van der Waals surface area contributed by atoms with Crippen molar-refractivity contribution in [2.45, 2.75) is 0 Å². The Morgan fingerprint density at radius 1 is 1.12 bits per heavy atom. The lowest BCUT2D eigenvalue weighted by Crippen LogP contribution is -1.93. The van der Waals surface area contributed by atoms with Crippen LogP contribution in [0.5, 0.6) is 11.5 Å². The first-order valence-corrected chi connectivity index (χ1v) is 5.30. The molecule has 84 valence electrons. The lowest BCUT2D eigenvalue weighted by atomic mass is 10.2. The molecule has 2 N–H and O–H groups in total. The van der Waals surface area contributed by atoms with Crippen LogP contribution in [0.3, 0.4) is 0 Å². The number of anilines is 1. The molecule has 0 fully saturated rings. The van der Waals surface area contributed by atoms with Crippen LogP contribution in [0.2, 0.25) is 5.02 Å². The maximum Gasteiger partial charge on any atom is 0.151 e. The van der Waals surface area contributed by atoms with Crippen LogP contribution >= 0.6 is 11.6 Å². The number of nitriles is 1. The van der Waals surface area contributed by atoms with Crippen LogP contribution in [-0.2, 0) is 0 Å². The van der Waals surface area contributed by atoms with E-state index in [9.17, 15) is 0 Å². The average Bonchev–Trinajstić information content (AvgIpc) is 2.35. The molecule has 0 amide bonds. The normalized spacial score (nSPS) is 9.65. The van der Waals surface area contributed by atoms with Crippen LogP contribution in [0.25, 0.3) is 0 Å². The molecule has 0 heterocycles. The minimum Gasteiger partial charge on any atom is -0.454 e. The number of nitrogens with two attached hydrogens (primary N) is 1. The highest BCUT2D eigenvalue weighted by Gasteiger charge is 2.06. The number of halogens is 1. The largest absolute Gasteiger partial charge is 0.454 e. The maximum absolute atomic E-state index is 8.80. The highest BCUT2D eigenvalue weighted by atomic mass is 35.5. The molecule has 2 rings (SSSR count). The number of nitrogen functional groups attached to an aromatic ring is 1. The van der Waals surface area contributed by atoms with E-state index < -0.39 is 0 Å². The van der Waals surface area contributed by atoms with Crippen molar-refractivity contribution in [3.8, 4) is 17.6 Å². The van der Waals surface area contributed by atoms with Gasteiger partial charge in [0.1, 0.15) is 5.75 Å². The van der Waals surface area contributed by atoms with E-state index in [0.29, 0.717) is 27.8 Å². The van der Waals surface area contributed by atoms with E-state index in [0.717, 1.165) is 0 Å². The van der Waals surface area contributed by atoms with E-state index in [1.54, 1.807) is 30.3 Å². The van der Waals surface area contributed by atoms with Crippen molar-refractivity contribution in [3.05, 3.63) is 53.1 Å². The van der Waals surface area contributed by atoms with E-state index in [-0.39, 0.29) is 0 Å². The summed E-state index contributed by atoms with van der Waals surface area (Å²) in [6.45, 7) is 0. The fourth-order valence-electron chi connectivity index (χ4n) is 1.34. The highest BCUT2D eigenvalue weighted by molar-refractivity contribution is 6.32. The van der Waals surface area contributed by atoms with Crippen molar-refractivity contribution < 1.29 is 4.74 Å².